The summed E-state index contributed by atoms with van der Waals surface area (Å²) in [6.45, 7) is 5.93. The molecule has 9 heteroatoms. The van der Waals surface area contributed by atoms with Gasteiger partial charge in [-0.15, -0.1) is 0 Å². The van der Waals surface area contributed by atoms with Crippen LogP contribution in [0.15, 0.2) is 42.5 Å². The van der Waals surface area contributed by atoms with E-state index in [0.29, 0.717) is 50.2 Å². The molecule has 1 aliphatic rings. The maximum absolute atomic E-state index is 13.4. The highest BCUT2D eigenvalue weighted by molar-refractivity contribution is 6.35. The summed E-state index contributed by atoms with van der Waals surface area (Å²) >= 11 is 18.7. The zero-order chi connectivity index (χ0) is 23.5. The molecule has 174 valence electrons. The van der Waals surface area contributed by atoms with Crippen LogP contribution >= 0.6 is 34.8 Å². The molecule has 4 rings (SSSR count). The van der Waals surface area contributed by atoms with E-state index < -0.39 is 0 Å². The minimum atomic E-state index is -0.113. The summed E-state index contributed by atoms with van der Waals surface area (Å²) in [5.41, 5.74) is 1.58. The number of nitrogens with zero attached hydrogens (tertiary/aromatic N) is 3. The molecular weight excluding hydrogens is 483 g/mol. The Balaban J connectivity index is 1.87. The molecule has 1 saturated heterocycles. The maximum atomic E-state index is 13.4. The van der Waals surface area contributed by atoms with Gasteiger partial charge in [0.05, 0.1) is 16.3 Å². The van der Waals surface area contributed by atoms with Gasteiger partial charge in [0.2, 0.25) is 5.88 Å². The van der Waals surface area contributed by atoms with Crippen LogP contribution in [0.3, 0.4) is 0 Å². The van der Waals surface area contributed by atoms with E-state index in [1.807, 2.05) is 18.7 Å². The number of aromatic nitrogens is 2. The lowest BCUT2D eigenvalue weighted by atomic mass is 10.2. The number of rotatable bonds is 7. The van der Waals surface area contributed by atoms with Crippen molar-refractivity contribution in [3.63, 3.8) is 0 Å². The maximum Gasteiger partial charge on any atom is 0.274 e. The first-order chi connectivity index (χ1) is 15.8. The molecule has 0 bridgehead atoms. The third-order valence-corrected chi connectivity index (χ3v) is 6.18. The van der Waals surface area contributed by atoms with Crippen molar-refractivity contribution in [3.05, 3.63) is 68.8 Å². The van der Waals surface area contributed by atoms with Crippen LogP contribution in [0.2, 0.25) is 15.1 Å². The summed E-state index contributed by atoms with van der Waals surface area (Å²) < 4.78 is 7.88. The average Bonchev–Trinajstić information content (AvgIpc) is 3.42. The summed E-state index contributed by atoms with van der Waals surface area (Å²) in [7, 11) is 0. The van der Waals surface area contributed by atoms with Gasteiger partial charge in [0.25, 0.3) is 5.91 Å². The molecular formula is C24H25Cl3N4O2. The first-order valence-corrected chi connectivity index (χ1v) is 12.0. The van der Waals surface area contributed by atoms with Gasteiger partial charge < -0.3 is 15.0 Å². The lowest BCUT2D eigenvalue weighted by molar-refractivity contribution is 0.0785. The second-order valence-corrected chi connectivity index (χ2v) is 9.51. The molecule has 0 aliphatic carbocycles. The minimum absolute atomic E-state index is 0.113. The fourth-order valence-electron chi connectivity index (χ4n) is 3.68. The third kappa shape index (κ3) is 5.46. The molecule has 3 aromatic rings. The third-order valence-electron chi connectivity index (χ3n) is 5.39. The predicted octanol–water partition coefficient (Wildman–Crippen LogP) is 6.36. The van der Waals surface area contributed by atoms with Crippen LogP contribution in [-0.2, 0) is 6.54 Å². The number of halogens is 3. The molecule has 2 heterocycles. The SMILES string of the molecule is CC(C)NCc1c(C(=O)N2CCCC2)nn(-c2ccc(Cl)cc2Cl)c1Oc1ccc(Cl)cc1. The Bertz CT molecular complexity index is 1140. The van der Waals surface area contributed by atoms with Crippen molar-refractivity contribution in [2.24, 2.45) is 0 Å². The van der Waals surface area contributed by atoms with Crippen LogP contribution in [-0.4, -0.2) is 39.7 Å². The van der Waals surface area contributed by atoms with Gasteiger partial charge in [-0.2, -0.15) is 9.78 Å². The van der Waals surface area contributed by atoms with Crippen molar-refractivity contribution in [3.8, 4) is 17.3 Å². The average molecular weight is 508 g/mol. The Labute approximate surface area is 208 Å². The van der Waals surface area contributed by atoms with E-state index in [4.69, 9.17) is 44.6 Å². The Morgan fingerprint density at radius 2 is 1.73 bits per heavy atom. The second kappa shape index (κ2) is 10.3. The lowest BCUT2D eigenvalue weighted by Gasteiger charge is -2.16. The van der Waals surface area contributed by atoms with Gasteiger partial charge >= 0.3 is 0 Å². The molecule has 1 aromatic heterocycles. The van der Waals surface area contributed by atoms with Gasteiger partial charge in [-0.25, -0.2) is 0 Å². The van der Waals surface area contributed by atoms with E-state index in [2.05, 4.69) is 5.32 Å². The smallest absolute Gasteiger partial charge is 0.274 e. The lowest BCUT2D eigenvalue weighted by Crippen LogP contribution is -2.30. The molecule has 1 fully saturated rings. The second-order valence-electron chi connectivity index (χ2n) is 8.23. The zero-order valence-corrected chi connectivity index (χ0v) is 20.7. The molecule has 1 amide bonds. The molecule has 0 radical (unpaired) electrons. The van der Waals surface area contributed by atoms with E-state index in [1.165, 1.54) is 0 Å². The summed E-state index contributed by atoms with van der Waals surface area (Å²) in [5.74, 6) is 0.867. The normalized spacial score (nSPS) is 13.7. The molecule has 0 saturated carbocycles. The molecule has 2 aromatic carbocycles. The van der Waals surface area contributed by atoms with Gasteiger partial charge in [0.15, 0.2) is 5.69 Å². The van der Waals surface area contributed by atoms with Crippen LogP contribution in [0.4, 0.5) is 0 Å². The highest BCUT2D eigenvalue weighted by Gasteiger charge is 2.30. The number of ether oxygens (including phenoxy) is 1. The van der Waals surface area contributed by atoms with Crippen LogP contribution in [0.1, 0.15) is 42.7 Å². The van der Waals surface area contributed by atoms with Crippen LogP contribution in [0, 0.1) is 0 Å². The van der Waals surface area contributed by atoms with Crippen molar-refractivity contribution in [2.45, 2.75) is 39.3 Å². The van der Waals surface area contributed by atoms with Gasteiger partial charge in [0, 0.05) is 35.7 Å². The monoisotopic (exact) mass is 506 g/mol. The first kappa shape index (κ1) is 23.9. The number of benzene rings is 2. The van der Waals surface area contributed by atoms with Gasteiger partial charge in [-0.05, 0) is 55.3 Å². The van der Waals surface area contributed by atoms with Crippen LogP contribution in [0.5, 0.6) is 11.6 Å². The first-order valence-electron chi connectivity index (χ1n) is 10.9. The molecule has 0 spiro atoms. The van der Waals surface area contributed by atoms with Crippen LogP contribution < -0.4 is 10.1 Å². The van der Waals surface area contributed by atoms with E-state index in [1.54, 1.807) is 47.1 Å². The fraction of sp³-hybridized carbons (Fsp3) is 0.333. The molecule has 1 aliphatic heterocycles. The van der Waals surface area contributed by atoms with Crippen molar-refractivity contribution >= 4 is 40.7 Å². The number of carbonyl (C=O) groups excluding carboxylic acids is 1. The Kier molecular flexibility index (Phi) is 7.49. The Morgan fingerprint density at radius 1 is 1.06 bits per heavy atom. The standard InChI is InChI=1S/C24H25Cl3N4O2/c1-15(2)28-14-19-22(23(32)30-11-3-4-12-30)29-31(21-10-7-17(26)13-20(21)27)24(19)33-18-8-5-16(25)6-9-18/h5-10,13,15,28H,3-4,11-12,14H2,1-2H3. The van der Waals surface area contributed by atoms with Crippen molar-refractivity contribution in [1.29, 1.82) is 0 Å². The van der Waals surface area contributed by atoms with Gasteiger partial charge in [-0.3, -0.25) is 4.79 Å². The topological polar surface area (TPSA) is 59.4 Å². The Hall–Kier alpha value is -2.25. The molecule has 0 unspecified atom stereocenters. The summed E-state index contributed by atoms with van der Waals surface area (Å²) in [5, 5.41) is 9.61. The number of hydrogen-bond acceptors (Lipinski definition) is 4. The predicted molar refractivity (Wildman–Crippen MR) is 132 cm³/mol. The van der Waals surface area contributed by atoms with Crippen molar-refractivity contribution in [2.75, 3.05) is 13.1 Å². The molecule has 1 N–H and O–H groups in total. The van der Waals surface area contributed by atoms with Gasteiger partial charge in [0.1, 0.15) is 5.75 Å². The van der Waals surface area contributed by atoms with Gasteiger partial charge in [-0.1, -0.05) is 48.7 Å². The highest BCUT2D eigenvalue weighted by atomic mass is 35.5. The van der Waals surface area contributed by atoms with Crippen molar-refractivity contribution < 1.29 is 9.53 Å². The molecule has 6 nitrogen and oxygen atoms in total. The summed E-state index contributed by atoms with van der Waals surface area (Å²) in [4.78, 5) is 15.3. The Morgan fingerprint density at radius 3 is 2.36 bits per heavy atom. The zero-order valence-electron chi connectivity index (χ0n) is 18.4. The van der Waals surface area contributed by atoms with E-state index in [0.717, 1.165) is 25.9 Å². The number of carbonyl (C=O) groups is 1. The van der Waals surface area contributed by atoms with Crippen LogP contribution in [0.25, 0.3) is 5.69 Å². The number of likely N-dealkylation sites (tertiary alicyclic amines) is 1. The number of amides is 1. The number of hydrogen-bond donors (Lipinski definition) is 1. The largest absolute Gasteiger partial charge is 0.439 e. The van der Waals surface area contributed by atoms with E-state index in [9.17, 15) is 4.79 Å². The fourth-order valence-corrected chi connectivity index (χ4v) is 4.29. The summed E-state index contributed by atoms with van der Waals surface area (Å²) in [6.07, 6.45) is 1.98. The van der Waals surface area contributed by atoms with Crippen molar-refractivity contribution in [1.82, 2.24) is 20.0 Å². The number of nitrogens with one attached hydrogen (secondary N) is 1. The minimum Gasteiger partial charge on any atom is -0.439 e. The quantitative estimate of drug-likeness (QED) is 0.404. The van der Waals surface area contributed by atoms with E-state index in [-0.39, 0.29) is 11.9 Å². The highest BCUT2D eigenvalue weighted by Crippen LogP contribution is 2.35. The molecule has 0 atom stereocenters. The molecule has 33 heavy (non-hydrogen) atoms. The van der Waals surface area contributed by atoms with E-state index >= 15 is 0 Å². The summed E-state index contributed by atoms with van der Waals surface area (Å²) in [6, 6.07) is 12.4.